The van der Waals surface area contributed by atoms with Crippen molar-refractivity contribution in [2.75, 3.05) is 12.4 Å². The summed E-state index contributed by atoms with van der Waals surface area (Å²) in [4.78, 5) is -0.425. The predicted octanol–water partition coefficient (Wildman–Crippen LogP) is 2.64. The van der Waals surface area contributed by atoms with Gasteiger partial charge in [-0.05, 0) is 13.0 Å². The van der Waals surface area contributed by atoms with Gasteiger partial charge in [0.15, 0.2) is 0 Å². The Balaban J connectivity index is 2.27. The van der Waals surface area contributed by atoms with Crippen molar-refractivity contribution < 1.29 is 9.84 Å². The summed E-state index contributed by atoms with van der Waals surface area (Å²) < 4.78 is 5.79. The zero-order valence-electron chi connectivity index (χ0n) is 8.44. The fourth-order valence-corrected chi connectivity index (χ4v) is 3.29. The van der Waals surface area contributed by atoms with Crippen LogP contribution in [0.2, 0.25) is 5.02 Å². The van der Waals surface area contributed by atoms with Crippen LogP contribution in [0.5, 0.6) is 0 Å². The molecule has 1 heterocycles. The summed E-state index contributed by atoms with van der Waals surface area (Å²) in [6, 6.07) is 7.68. The molecular formula is C11H13ClO2S. The minimum atomic E-state index is -0.425. The van der Waals surface area contributed by atoms with Crippen LogP contribution in [0.4, 0.5) is 0 Å². The van der Waals surface area contributed by atoms with Gasteiger partial charge in [0, 0.05) is 16.3 Å². The Morgan fingerprint density at radius 3 is 2.93 bits per heavy atom. The molecule has 1 aromatic carbocycles. The Morgan fingerprint density at radius 1 is 1.60 bits per heavy atom. The average Bonchev–Trinajstić information content (AvgIpc) is 2.62. The van der Waals surface area contributed by atoms with Crippen molar-refractivity contribution in [3.8, 4) is 0 Å². The summed E-state index contributed by atoms with van der Waals surface area (Å²) >= 11 is 7.81. The molecular weight excluding hydrogens is 232 g/mol. The van der Waals surface area contributed by atoms with E-state index in [0.717, 1.165) is 11.3 Å². The van der Waals surface area contributed by atoms with Crippen molar-refractivity contribution in [2.45, 2.75) is 18.0 Å². The maximum absolute atomic E-state index is 9.04. The highest BCUT2D eigenvalue weighted by molar-refractivity contribution is 8.00. The lowest BCUT2D eigenvalue weighted by Crippen LogP contribution is -2.23. The molecule has 0 aromatic heterocycles. The molecule has 0 amide bonds. The van der Waals surface area contributed by atoms with E-state index in [1.165, 1.54) is 0 Å². The molecule has 2 rings (SSSR count). The van der Waals surface area contributed by atoms with Crippen LogP contribution in [0, 0.1) is 0 Å². The van der Waals surface area contributed by atoms with Crippen molar-refractivity contribution >= 4 is 23.4 Å². The highest BCUT2D eigenvalue weighted by Crippen LogP contribution is 2.46. The minimum Gasteiger partial charge on any atom is -0.394 e. The van der Waals surface area contributed by atoms with Gasteiger partial charge in [0.05, 0.1) is 12.7 Å². The first-order valence-corrected chi connectivity index (χ1v) is 6.20. The van der Waals surface area contributed by atoms with E-state index >= 15 is 0 Å². The number of halogens is 1. The zero-order chi connectivity index (χ0) is 10.9. The number of benzene rings is 1. The summed E-state index contributed by atoms with van der Waals surface area (Å²) in [5.74, 6) is 0.804. The number of rotatable bonds is 2. The monoisotopic (exact) mass is 244 g/mol. The second-order valence-electron chi connectivity index (χ2n) is 3.66. The minimum absolute atomic E-state index is 0.0625. The number of thioether (sulfide) groups is 1. The van der Waals surface area contributed by atoms with Crippen molar-refractivity contribution in [3.05, 3.63) is 34.9 Å². The largest absolute Gasteiger partial charge is 0.394 e. The van der Waals surface area contributed by atoms with E-state index in [0.29, 0.717) is 5.02 Å². The van der Waals surface area contributed by atoms with Crippen LogP contribution in [-0.2, 0) is 9.67 Å². The van der Waals surface area contributed by atoms with Gasteiger partial charge in [0.1, 0.15) is 4.93 Å². The van der Waals surface area contributed by atoms with Gasteiger partial charge in [-0.3, -0.25) is 0 Å². The quantitative estimate of drug-likeness (QED) is 0.867. The molecule has 4 heteroatoms. The van der Waals surface area contributed by atoms with Gasteiger partial charge in [-0.15, -0.1) is 11.8 Å². The molecule has 2 atom stereocenters. The van der Waals surface area contributed by atoms with Crippen molar-refractivity contribution in [3.63, 3.8) is 0 Å². The lowest BCUT2D eigenvalue weighted by Gasteiger charge is -2.24. The standard InChI is InChI=1S/C11H13ClO2S/c1-11(14-8(6-13)7-15-11)9-4-2-3-5-10(9)12/h2-5,8,13H,6-7H2,1H3/t8-,11-/m1/s1. The molecule has 1 aliphatic rings. The van der Waals surface area contributed by atoms with Gasteiger partial charge in [0.25, 0.3) is 0 Å². The van der Waals surface area contributed by atoms with Crippen molar-refractivity contribution in [2.24, 2.45) is 0 Å². The molecule has 0 radical (unpaired) electrons. The third kappa shape index (κ3) is 2.16. The molecule has 2 nitrogen and oxygen atoms in total. The van der Waals surface area contributed by atoms with Crippen LogP contribution in [0.15, 0.2) is 24.3 Å². The number of hydrogen-bond acceptors (Lipinski definition) is 3. The number of hydrogen-bond donors (Lipinski definition) is 1. The highest BCUT2D eigenvalue weighted by Gasteiger charge is 2.39. The van der Waals surface area contributed by atoms with Gasteiger partial charge >= 0.3 is 0 Å². The van der Waals surface area contributed by atoms with Gasteiger partial charge < -0.3 is 9.84 Å². The molecule has 0 aliphatic carbocycles. The second-order valence-corrected chi connectivity index (χ2v) is 5.47. The second kappa shape index (κ2) is 4.34. The lowest BCUT2D eigenvalue weighted by molar-refractivity contribution is -0.0249. The van der Waals surface area contributed by atoms with Crippen LogP contribution in [-0.4, -0.2) is 23.6 Å². The van der Waals surface area contributed by atoms with Gasteiger partial charge in [-0.2, -0.15) is 0 Å². The van der Waals surface area contributed by atoms with Gasteiger partial charge in [0.2, 0.25) is 0 Å². The van der Waals surface area contributed by atoms with Crippen LogP contribution in [0.1, 0.15) is 12.5 Å². The summed E-state index contributed by atoms with van der Waals surface area (Å²) in [6.45, 7) is 2.06. The zero-order valence-corrected chi connectivity index (χ0v) is 10.0. The normalized spacial score (nSPS) is 30.7. The smallest absolute Gasteiger partial charge is 0.138 e. The van der Waals surface area contributed by atoms with Crippen LogP contribution >= 0.6 is 23.4 Å². The van der Waals surface area contributed by atoms with E-state index in [4.69, 9.17) is 21.4 Å². The number of aliphatic hydroxyl groups excluding tert-OH is 1. The lowest BCUT2D eigenvalue weighted by atomic mass is 10.1. The topological polar surface area (TPSA) is 29.5 Å². The summed E-state index contributed by atoms with van der Waals surface area (Å²) in [6.07, 6.45) is -0.0868. The van der Waals surface area contributed by atoms with Crippen LogP contribution in [0.25, 0.3) is 0 Å². The Kier molecular flexibility index (Phi) is 3.26. The first-order chi connectivity index (χ1) is 7.15. The maximum atomic E-state index is 9.04. The summed E-state index contributed by atoms with van der Waals surface area (Å²) in [7, 11) is 0. The molecule has 15 heavy (non-hydrogen) atoms. The molecule has 0 saturated carbocycles. The van der Waals surface area contributed by atoms with E-state index in [1.807, 2.05) is 31.2 Å². The van der Waals surface area contributed by atoms with E-state index in [1.54, 1.807) is 11.8 Å². The Hall–Kier alpha value is -0.220. The van der Waals surface area contributed by atoms with Crippen LogP contribution in [0.3, 0.4) is 0 Å². The molecule has 1 saturated heterocycles. The van der Waals surface area contributed by atoms with E-state index in [-0.39, 0.29) is 12.7 Å². The van der Waals surface area contributed by atoms with E-state index in [9.17, 15) is 0 Å². The molecule has 1 aliphatic heterocycles. The maximum Gasteiger partial charge on any atom is 0.138 e. The molecule has 0 spiro atoms. The first-order valence-electron chi connectivity index (χ1n) is 4.83. The summed E-state index contributed by atoms with van der Waals surface area (Å²) in [5, 5.41) is 9.76. The fraction of sp³-hybridized carbons (Fsp3) is 0.455. The fourth-order valence-electron chi connectivity index (χ4n) is 1.70. The first kappa shape index (κ1) is 11.3. The predicted molar refractivity (Wildman–Crippen MR) is 63.2 cm³/mol. The average molecular weight is 245 g/mol. The van der Waals surface area contributed by atoms with Gasteiger partial charge in [-0.25, -0.2) is 0 Å². The van der Waals surface area contributed by atoms with Crippen molar-refractivity contribution in [1.29, 1.82) is 0 Å². The molecule has 82 valence electrons. The Labute approximate surface area is 98.6 Å². The van der Waals surface area contributed by atoms with Crippen LogP contribution < -0.4 is 0 Å². The Bertz CT molecular complexity index is 358. The molecule has 1 fully saturated rings. The molecule has 0 bridgehead atoms. The molecule has 1 N–H and O–H groups in total. The van der Waals surface area contributed by atoms with Crippen molar-refractivity contribution in [1.82, 2.24) is 0 Å². The van der Waals surface area contributed by atoms with Gasteiger partial charge in [-0.1, -0.05) is 29.8 Å². The highest BCUT2D eigenvalue weighted by atomic mass is 35.5. The third-order valence-corrected chi connectivity index (χ3v) is 4.24. The SMILES string of the molecule is C[C@@]1(c2ccccc2Cl)O[C@H](CO)CS1. The number of ether oxygens (including phenoxy) is 1. The summed E-state index contributed by atoms with van der Waals surface area (Å²) in [5.41, 5.74) is 0.979. The third-order valence-electron chi connectivity index (χ3n) is 2.50. The van der Waals surface area contributed by atoms with E-state index < -0.39 is 4.93 Å². The Morgan fingerprint density at radius 2 is 2.33 bits per heavy atom. The number of aliphatic hydroxyl groups is 1. The molecule has 0 unspecified atom stereocenters. The van der Waals surface area contributed by atoms with E-state index in [2.05, 4.69) is 0 Å². The molecule has 1 aromatic rings.